The van der Waals surface area contributed by atoms with Gasteiger partial charge in [0.15, 0.2) is 0 Å². The second-order valence-electron chi connectivity index (χ2n) is 0.214. The zero-order valence-electron chi connectivity index (χ0n) is 1.89. The maximum atomic E-state index is 8.76. The Hall–Kier alpha value is -0.570. The molecule has 4 heavy (non-hydrogen) atoms. The average molecular weight is 63.0 g/mol. The van der Waals surface area contributed by atoms with E-state index in [0.29, 0.717) is 0 Å². The van der Waals surface area contributed by atoms with Crippen LogP contribution in [-0.2, 0) is 9.68 Å². The molecule has 0 aromatic heterocycles. The number of carbonyl (C=O) groups is 1. The first-order chi connectivity index (χ1) is 1.91. The van der Waals surface area contributed by atoms with Gasteiger partial charge in [-0.2, -0.15) is 4.89 Å². The minimum absolute atomic E-state index is 0.0417. The van der Waals surface area contributed by atoms with Crippen LogP contribution in [0.1, 0.15) is 0 Å². The van der Waals surface area contributed by atoms with Crippen LogP contribution >= 0.6 is 0 Å². The molecule has 0 unspecified atom stereocenters. The van der Waals surface area contributed by atoms with Crippen molar-refractivity contribution in [2.24, 2.45) is 0 Å². The van der Waals surface area contributed by atoms with Gasteiger partial charge in [-0.3, -0.25) is 0 Å². The van der Waals surface area contributed by atoms with E-state index in [1.165, 1.54) is 0 Å². The van der Waals surface area contributed by atoms with Crippen LogP contribution in [0.3, 0.4) is 0 Å². The summed E-state index contributed by atoms with van der Waals surface area (Å²) in [6, 6.07) is 0. The number of carbonyl (C=O) groups excluding carboxylic acids is 1. The minimum atomic E-state index is 0.0417. The van der Waals surface area contributed by atoms with Crippen LogP contribution < -0.4 is 0 Å². The van der Waals surface area contributed by atoms with Gasteiger partial charge in [0.2, 0.25) is 0 Å². The fourth-order valence-electron chi connectivity index (χ4n) is 0. The largest absolute Gasteiger partial charge is 0.378 e. The molecule has 0 aromatic carbocycles. The van der Waals surface area contributed by atoms with E-state index < -0.39 is 0 Å². The number of hydrogen-bond donors (Lipinski definition) is 0. The molecule has 0 heterocycles. The summed E-state index contributed by atoms with van der Waals surface area (Å²) in [6.45, 7) is 0.0417. The lowest BCUT2D eigenvalue weighted by Crippen LogP contribution is -1.69. The standard InChI is InChI=1S/CH2O3/c2-1-4-3/h1,3H/p+1. The number of hydrogen-bond acceptors (Lipinski definition) is 2. The molecule has 0 saturated heterocycles. The lowest BCUT2D eigenvalue weighted by Gasteiger charge is -1.57. The summed E-state index contributed by atoms with van der Waals surface area (Å²) in [7, 11) is 0. The quantitative estimate of drug-likeness (QED) is 0.166. The fraction of sp³-hybridized carbons (Fsp3) is 0. The molecular weight excluding hydrogens is 60.0 g/mol. The van der Waals surface area contributed by atoms with Gasteiger partial charge in [0.05, 0.1) is 0 Å². The second-order valence-corrected chi connectivity index (χ2v) is 0.214. The van der Waals surface area contributed by atoms with E-state index in [2.05, 4.69) is 4.89 Å². The molecule has 0 saturated carbocycles. The molecule has 0 radical (unpaired) electrons. The van der Waals surface area contributed by atoms with Gasteiger partial charge < -0.3 is 0 Å². The van der Waals surface area contributed by atoms with Gasteiger partial charge in [-0.25, -0.2) is 10.1 Å². The molecule has 0 aromatic rings. The Morgan fingerprint density at radius 3 is 2.25 bits per heavy atom. The molecule has 0 spiro atoms. The van der Waals surface area contributed by atoms with Gasteiger partial charge in [-0.05, 0) is 0 Å². The zero-order valence-corrected chi connectivity index (χ0v) is 1.89. The summed E-state index contributed by atoms with van der Waals surface area (Å²) in [4.78, 5) is 11.9. The molecule has 0 amide bonds. The van der Waals surface area contributed by atoms with Crippen molar-refractivity contribution in [3.05, 3.63) is 0 Å². The van der Waals surface area contributed by atoms with Gasteiger partial charge in [0.1, 0.15) is 0 Å². The van der Waals surface area contributed by atoms with E-state index in [0.717, 1.165) is 0 Å². The molecule has 0 fully saturated rings. The van der Waals surface area contributed by atoms with E-state index in [4.69, 9.17) is 10.1 Å². The van der Waals surface area contributed by atoms with Gasteiger partial charge in [-0.1, -0.05) is 0 Å². The molecule has 3 nitrogen and oxygen atoms in total. The predicted molar refractivity (Wildman–Crippen MR) is 10.8 cm³/mol. The normalized spacial score (nSPS) is 5.25. The molecule has 3 heteroatoms. The third-order valence-corrected chi connectivity index (χ3v) is 0.0481. The Kier molecular flexibility index (Phi) is 2.08. The molecule has 0 rings (SSSR count). The highest BCUT2D eigenvalue weighted by Gasteiger charge is 1.53. The molecule has 0 atom stereocenters. The second kappa shape index (κ2) is 2.43. The molecule has 0 aliphatic heterocycles. The van der Waals surface area contributed by atoms with Crippen molar-refractivity contribution < 1.29 is 14.9 Å². The first-order valence-corrected chi connectivity index (χ1v) is 0.676. The summed E-state index contributed by atoms with van der Waals surface area (Å²) < 4.78 is 0. The Labute approximate surface area is 22.7 Å². The summed E-state index contributed by atoms with van der Waals surface area (Å²) in [5.41, 5.74) is 0. The lowest BCUT2D eigenvalue weighted by atomic mass is 11.7. The molecular formula is CH3O3+. The van der Waals surface area contributed by atoms with Gasteiger partial charge in [0, 0.05) is 0 Å². The van der Waals surface area contributed by atoms with Crippen LogP contribution in [0.5, 0.6) is 0 Å². The third kappa shape index (κ3) is 1.43. The maximum Gasteiger partial charge on any atom is 0.378 e. The van der Waals surface area contributed by atoms with Crippen LogP contribution in [0.4, 0.5) is 0 Å². The van der Waals surface area contributed by atoms with Crippen molar-refractivity contribution in [1.82, 2.24) is 0 Å². The highest BCUT2D eigenvalue weighted by atomic mass is 17.1. The highest BCUT2D eigenvalue weighted by Crippen LogP contribution is 1.33. The van der Waals surface area contributed by atoms with Gasteiger partial charge >= 0.3 is 6.47 Å². The van der Waals surface area contributed by atoms with Crippen molar-refractivity contribution in [2.75, 3.05) is 0 Å². The predicted octanol–water partition coefficient (Wildman–Crippen LogP) is -1.20. The molecule has 0 bridgehead atoms. The number of rotatable bonds is 1. The Morgan fingerprint density at radius 1 is 2.00 bits per heavy atom. The fourth-order valence-corrected chi connectivity index (χ4v) is 0. The molecule has 24 valence electrons. The molecule has 0 aliphatic rings. The lowest BCUT2D eigenvalue weighted by molar-refractivity contribution is -0.217. The Morgan fingerprint density at radius 2 is 2.25 bits per heavy atom. The van der Waals surface area contributed by atoms with Crippen molar-refractivity contribution in [3.63, 3.8) is 0 Å². The van der Waals surface area contributed by atoms with E-state index in [-0.39, 0.29) is 6.47 Å². The van der Waals surface area contributed by atoms with Crippen molar-refractivity contribution >= 4 is 6.47 Å². The highest BCUT2D eigenvalue weighted by molar-refractivity contribution is 5.35. The first kappa shape index (κ1) is 3.43. The van der Waals surface area contributed by atoms with E-state index in [1.807, 2.05) is 0 Å². The first-order valence-electron chi connectivity index (χ1n) is 0.676. The van der Waals surface area contributed by atoms with Crippen LogP contribution in [-0.4, -0.2) is 11.7 Å². The van der Waals surface area contributed by atoms with Crippen LogP contribution in [0.25, 0.3) is 0 Å². The third-order valence-electron chi connectivity index (χ3n) is 0.0481. The van der Waals surface area contributed by atoms with Crippen molar-refractivity contribution in [3.8, 4) is 0 Å². The minimum Gasteiger partial charge on any atom is -0.247 e. The van der Waals surface area contributed by atoms with Gasteiger partial charge in [0.25, 0.3) is 0 Å². The SMILES string of the molecule is O=CO[OH2+]. The zero-order chi connectivity index (χ0) is 3.41. The van der Waals surface area contributed by atoms with E-state index in [9.17, 15) is 0 Å². The van der Waals surface area contributed by atoms with E-state index >= 15 is 0 Å². The van der Waals surface area contributed by atoms with Crippen molar-refractivity contribution in [1.29, 1.82) is 0 Å². The molecule has 2 N–H and O–H groups in total. The monoisotopic (exact) mass is 63.0 g/mol. The summed E-state index contributed by atoms with van der Waals surface area (Å²) in [5, 5.41) is 5.58. The summed E-state index contributed by atoms with van der Waals surface area (Å²) in [5.74, 6) is 0. The maximum absolute atomic E-state index is 8.76. The van der Waals surface area contributed by atoms with Gasteiger partial charge in [-0.15, -0.1) is 0 Å². The van der Waals surface area contributed by atoms with Crippen LogP contribution in [0.2, 0.25) is 0 Å². The summed E-state index contributed by atoms with van der Waals surface area (Å²) in [6.07, 6.45) is 0. The smallest absolute Gasteiger partial charge is 0.247 e. The Bertz CT molecular complexity index is 17.2. The van der Waals surface area contributed by atoms with Crippen molar-refractivity contribution in [2.45, 2.75) is 0 Å². The van der Waals surface area contributed by atoms with Crippen LogP contribution in [0.15, 0.2) is 0 Å². The summed E-state index contributed by atoms with van der Waals surface area (Å²) >= 11 is 0. The Balaban J connectivity index is 2.30. The average Bonchev–Trinajstić information content (AvgIpc) is 1.37. The van der Waals surface area contributed by atoms with Crippen LogP contribution in [0, 0.1) is 0 Å². The topological polar surface area (TPSA) is 49.2 Å². The molecule has 0 aliphatic carbocycles. The van der Waals surface area contributed by atoms with E-state index in [1.54, 1.807) is 0 Å².